The molecule has 1 unspecified atom stereocenters. The maximum Gasteiger partial charge on any atom is 0.228 e. The van der Waals surface area contributed by atoms with E-state index in [9.17, 15) is 9.59 Å². The number of benzene rings is 1. The van der Waals surface area contributed by atoms with Crippen LogP contribution in [0, 0.1) is 5.92 Å². The Labute approximate surface area is 181 Å². The van der Waals surface area contributed by atoms with Gasteiger partial charge in [-0.25, -0.2) is 0 Å². The van der Waals surface area contributed by atoms with Crippen LogP contribution in [0.1, 0.15) is 12.0 Å². The molecule has 158 valence electrons. The molecule has 1 atom stereocenters. The zero-order valence-corrected chi connectivity index (χ0v) is 17.7. The third-order valence-electron chi connectivity index (χ3n) is 5.75. The third kappa shape index (κ3) is 4.42. The monoisotopic (exact) mass is 428 g/mol. The number of amides is 2. The van der Waals surface area contributed by atoms with Gasteiger partial charge in [0, 0.05) is 63.1 Å². The van der Waals surface area contributed by atoms with Gasteiger partial charge in [0.05, 0.1) is 18.7 Å². The van der Waals surface area contributed by atoms with Gasteiger partial charge < -0.3 is 14.5 Å². The van der Waals surface area contributed by atoms with Crippen molar-refractivity contribution in [1.82, 2.24) is 14.8 Å². The smallest absolute Gasteiger partial charge is 0.228 e. The molecular weight excluding hydrogens is 404 g/mol. The first kappa shape index (κ1) is 20.6. The van der Waals surface area contributed by atoms with E-state index >= 15 is 0 Å². The number of carbonyl (C=O) groups is 2. The number of nitrogens with zero attached hydrogens (tertiary/aromatic N) is 4. The third-order valence-corrected chi connectivity index (χ3v) is 5.98. The van der Waals surface area contributed by atoms with Crippen molar-refractivity contribution in [2.75, 3.05) is 44.7 Å². The largest absolute Gasteiger partial charge is 0.495 e. The summed E-state index contributed by atoms with van der Waals surface area (Å²) in [6.45, 7) is 4.20. The van der Waals surface area contributed by atoms with E-state index in [1.165, 1.54) is 5.56 Å². The van der Waals surface area contributed by atoms with Crippen LogP contribution >= 0.6 is 11.6 Å². The number of rotatable bonds is 5. The minimum absolute atomic E-state index is 0.0513. The van der Waals surface area contributed by atoms with Crippen molar-refractivity contribution in [2.45, 2.75) is 13.0 Å². The number of anilines is 1. The molecule has 4 rings (SSSR count). The van der Waals surface area contributed by atoms with Crippen LogP contribution in [-0.4, -0.2) is 66.4 Å². The molecule has 2 aliphatic heterocycles. The van der Waals surface area contributed by atoms with Crippen molar-refractivity contribution < 1.29 is 14.3 Å². The standard InChI is InChI=1S/C22H25ClN4O3/c1-30-20-3-2-18(23)13-19(20)27-15-17(12-21(27)28)22(29)26-10-8-25(9-11-26)14-16-4-6-24-7-5-16/h2-7,13,17H,8-12,14-15H2,1H3. The maximum absolute atomic E-state index is 13.1. The number of pyridine rings is 1. The van der Waals surface area contributed by atoms with Crippen molar-refractivity contribution in [3.05, 3.63) is 53.3 Å². The van der Waals surface area contributed by atoms with Gasteiger partial charge in [0.15, 0.2) is 0 Å². The summed E-state index contributed by atoms with van der Waals surface area (Å²) in [4.78, 5) is 35.6. The molecule has 0 N–H and O–H groups in total. The Morgan fingerprint density at radius 1 is 1.17 bits per heavy atom. The predicted octanol–water partition coefficient (Wildman–Crippen LogP) is 2.44. The summed E-state index contributed by atoms with van der Waals surface area (Å²) in [5.41, 5.74) is 1.84. The van der Waals surface area contributed by atoms with E-state index in [0.29, 0.717) is 36.1 Å². The van der Waals surface area contributed by atoms with E-state index in [1.54, 1.807) is 42.6 Å². The SMILES string of the molecule is COc1ccc(Cl)cc1N1CC(C(=O)N2CCN(Cc3ccncc3)CC2)CC1=O. The van der Waals surface area contributed by atoms with Gasteiger partial charge in [-0.2, -0.15) is 0 Å². The van der Waals surface area contributed by atoms with Crippen LogP contribution in [0.4, 0.5) is 5.69 Å². The molecule has 8 heteroatoms. The number of ether oxygens (including phenoxy) is 1. The molecule has 0 spiro atoms. The van der Waals surface area contributed by atoms with Crippen molar-refractivity contribution in [3.63, 3.8) is 0 Å². The fourth-order valence-corrected chi connectivity index (χ4v) is 4.28. The van der Waals surface area contributed by atoms with Gasteiger partial charge in [-0.05, 0) is 35.9 Å². The van der Waals surface area contributed by atoms with Gasteiger partial charge in [-0.3, -0.25) is 19.5 Å². The molecule has 0 radical (unpaired) electrons. The molecular formula is C22H25ClN4O3. The van der Waals surface area contributed by atoms with E-state index in [0.717, 1.165) is 19.6 Å². The number of hydrogen-bond acceptors (Lipinski definition) is 5. The Hall–Kier alpha value is -2.64. The lowest BCUT2D eigenvalue weighted by molar-refractivity contribution is -0.137. The lowest BCUT2D eigenvalue weighted by atomic mass is 10.1. The topological polar surface area (TPSA) is 66.0 Å². The van der Waals surface area contributed by atoms with E-state index in [2.05, 4.69) is 9.88 Å². The normalized spacial score (nSPS) is 19.9. The van der Waals surface area contributed by atoms with Crippen molar-refractivity contribution in [3.8, 4) is 5.75 Å². The molecule has 2 amide bonds. The van der Waals surface area contributed by atoms with E-state index < -0.39 is 0 Å². The first-order valence-corrected chi connectivity index (χ1v) is 10.5. The van der Waals surface area contributed by atoms with Crippen LogP contribution in [0.25, 0.3) is 0 Å². The number of piperazine rings is 1. The van der Waals surface area contributed by atoms with Crippen molar-refractivity contribution >= 4 is 29.1 Å². The highest BCUT2D eigenvalue weighted by Crippen LogP contribution is 2.35. The van der Waals surface area contributed by atoms with E-state index in [1.807, 2.05) is 17.0 Å². The molecule has 7 nitrogen and oxygen atoms in total. The molecule has 0 bridgehead atoms. The Morgan fingerprint density at radius 2 is 1.90 bits per heavy atom. The second-order valence-corrected chi connectivity index (χ2v) is 8.11. The fraction of sp³-hybridized carbons (Fsp3) is 0.409. The summed E-state index contributed by atoms with van der Waals surface area (Å²) in [6, 6.07) is 9.20. The average Bonchev–Trinajstić information content (AvgIpc) is 3.16. The summed E-state index contributed by atoms with van der Waals surface area (Å²) < 4.78 is 5.38. The molecule has 3 heterocycles. The number of hydrogen-bond donors (Lipinski definition) is 0. The van der Waals surface area contributed by atoms with Gasteiger partial charge >= 0.3 is 0 Å². The van der Waals surface area contributed by atoms with E-state index in [4.69, 9.17) is 16.3 Å². The van der Waals surface area contributed by atoms with Gasteiger partial charge in [0.25, 0.3) is 0 Å². The van der Waals surface area contributed by atoms with E-state index in [-0.39, 0.29) is 24.2 Å². The van der Waals surface area contributed by atoms with Gasteiger partial charge in [-0.1, -0.05) is 11.6 Å². The Balaban J connectivity index is 1.36. The number of carbonyl (C=O) groups excluding carboxylic acids is 2. The average molecular weight is 429 g/mol. The molecule has 2 aliphatic rings. The summed E-state index contributed by atoms with van der Waals surface area (Å²) in [6.07, 6.45) is 3.81. The first-order chi connectivity index (χ1) is 14.5. The van der Waals surface area contributed by atoms with Gasteiger partial charge in [0.2, 0.25) is 11.8 Å². The summed E-state index contributed by atoms with van der Waals surface area (Å²) in [5, 5.41) is 0.527. The zero-order valence-electron chi connectivity index (χ0n) is 17.0. The molecule has 2 aromatic rings. The van der Waals surface area contributed by atoms with Crippen molar-refractivity contribution in [2.24, 2.45) is 5.92 Å². The number of halogens is 1. The second kappa shape index (κ2) is 9.02. The van der Waals surface area contributed by atoms with Crippen LogP contribution in [0.3, 0.4) is 0 Å². The second-order valence-electron chi connectivity index (χ2n) is 7.68. The lowest BCUT2D eigenvalue weighted by Gasteiger charge is -2.35. The Morgan fingerprint density at radius 3 is 2.60 bits per heavy atom. The molecule has 0 aliphatic carbocycles. The number of aromatic nitrogens is 1. The zero-order chi connectivity index (χ0) is 21.1. The molecule has 1 aromatic carbocycles. The molecule has 2 fully saturated rings. The fourth-order valence-electron chi connectivity index (χ4n) is 4.11. The first-order valence-electron chi connectivity index (χ1n) is 10.1. The Bertz CT molecular complexity index is 916. The Kier molecular flexibility index (Phi) is 6.20. The molecule has 1 aromatic heterocycles. The molecule has 2 saturated heterocycles. The van der Waals surface area contributed by atoms with Crippen molar-refractivity contribution in [1.29, 1.82) is 0 Å². The highest BCUT2D eigenvalue weighted by molar-refractivity contribution is 6.31. The van der Waals surface area contributed by atoms with Crippen LogP contribution in [0.2, 0.25) is 5.02 Å². The van der Waals surface area contributed by atoms with Crippen LogP contribution < -0.4 is 9.64 Å². The summed E-state index contributed by atoms with van der Waals surface area (Å²) >= 11 is 6.12. The predicted molar refractivity (Wildman–Crippen MR) is 115 cm³/mol. The maximum atomic E-state index is 13.1. The molecule has 0 saturated carbocycles. The minimum atomic E-state index is -0.340. The minimum Gasteiger partial charge on any atom is -0.495 e. The molecule has 30 heavy (non-hydrogen) atoms. The van der Waals surface area contributed by atoms with Gasteiger partial charge in [-0.15, -0.1) is 0 Å². The summed E-state index contributed by atoms with van der Waals surface area (Å²) in [5.74, 6) is 0.208. The number of methoxy groups -OCH3 is 1. The lowest BCUT2D eigenvalue weighted by Crippen LogP contribution is -2.50. The summed E-state index contributed by atoms with van der Waals surface area (Å²) in [7, 11) is 1.56. The van der Waals surface area contributed by atoms with Crippen LogP contribution in [0.15, 0.2) is 42.7 Å². The van der Waals surface area contributed by atoms with Crippen LogP contribution in [-0.2, 0) is 16.1 Å². The van der Waals surface area contributed by atoms with Crippen LogP contribution in [0.5, 0.6) is 5.75 Å². The highest BCUT2D eigenvalue weighted by Gasteiger charge is 2.38. The quantitative estimate of drug-likeness (QED) is 0.731. The highest BCUT2D eigenvalue weighted by atomic mass is 35.5. The van der Waals surface area contributed by atoms with Gasteiger partial charge in [0.1, 0.15) is 5.75 Å².